The summed E-state index contributed by atoms with van der Waals surface area (Å²) in [6.07, 6.45) is 3.70. The summed E-state index contributed by atoms with van der Waals surface area (Å²) in [5.74, 6) is 0.471. The minimum atomic E-state index is 0.307. The third-order valence-corrected chi connectivity index (χ3v) is 1.87. The molecule has 0 saturated carbocycles. The molecule has 0 aliphatic rings. The van der Waals surface area contributed by atoms with E-state index in [4.69, 9.17) is 0 Å². The molecule has 1 heterocycles. The molecule has 4 heteroatoms. The van der Waals surface area contributed by atoms with Crippen molar-refractivity contribution in [1.82, 2.24) is 9.97 Å². The van der Waals surface area contributed by atoms with Crippen molar-refractivity contribution in [3.05, 3.63) is 48.4 Å². The van der Waals surface area contributed by atoms with Gasteiger partial charge in [0.2, 0.25) is 0 Å². The van der Waals surface area contributed by atoms with Gasteiger partial charge in [-0.15, -0.1) is 0 Å². The van der Waals surface area contributed by atoms with Gasteiger partial charge in [0.25, 0.3) is 0 Å². The molecule has 1 aromatic carbocycles. The molecule has 4 nitrogen and oxygen atoms in total. The standard InChI is InChI=1S/C11H9N3O/c15-8-10-11(13-7-6-12-10)14-9-4-2-1-3-5-9/h1-8H,(H,13,14). The van der Waals surface area contributed by atoms with Gasteiger partial charge in [-0.1, -0.05) is 18.2 Å². The fraction of sp³-hybridized carbons (Fsp3) is 0. The fourth-order valence-electron chi connectivity index (χ4n) is 1.19. The molecular formula is C11H9N3O. The molecule has 0 unspecified atom stereocenters. The summed E-state index contributed by atoms with van der Waals surface area (Å²) in [6, 6.07) is 9.51. The first-order valence-corrected chi connectivity index (χ1v) is 4.48. The zero-order valence-corrected chi connectivity index (χ0v) is 7.92. The zero-order valence-electron chi connectivity index (χ0n) is 7.92. The van der Waals surface area contributed by atoms with E-state index in [1.54, 1.807) is 0 Å². The van der Waals surface area contributed by atoms with E-state index in [0.717, 1.165) is 5.69 Å². The van der Waals surface area contributed by atoms with Crippen molar-refractivity contribution in [1.29, 1.82) is 0 Å². The second-order valence-electron chi connectivity index (χ2n) is 2.90. The van der Waals surface area contributed by atoms with Crippen molar-refractivity contribution in [2.75, 3.05) is 5.32 Å². The van der Waals surface area contributed by atoms with Crippen LogP contribution in [0, 0.1) is 0 Å². The molecule has 0 radical (unpaired) electrons. The normalized spacial score (nSPS) is 9.60. The molecule has 1 N–H and O–H groups in total. The van der Waals surface area contributed by atoms with E-state index in [-0.39, 0.29) is 0 Å². The Bertz CT molecular complexity index is 456. The van der Waals surface area contributed by atoms with E-state index in [0.29, 0.717) is 17.8 Å². The van der Waals surface area contributed by atoms with Crippen LogP contribution in [0.3, 0.4) is 0 Å². The predicted molar refractivity (Wildman–Crippen MR) is 57.1 cm³/mol. The summed E-state index contributed by atoms with van der Waals surface area (Å²) >= 11 is 0. The van der Waals surface area contributed by atoms with Crippen LogP contribution in [-0.2, 0) is 0 Å². The van der Waals surface area contributed by atoms with Crippen molar-refractivity contribution in [3.63, 3.8) is 0 Å². The largest absolute Gasteiger partial charge is 0.338 e. The number of carbonyl (C=O) groups is 1. The number of carbonyl (C=O) groups excluding carboxylic acids is 1. The monoisotopic (exact) mass is 199 g/mol. The van der Waals surface area contributed by atoms with Gasteiger partial charge in [0, 0.05) is 18.1 Å². The zero-order chi connectivity index (χ0) is 10.5. The number of para-hydroxylation sites is 1. The Hall–Kier alpha value is -2.23. The van der Waals surface area contributed by atoms with Crippen LogP contribution < -0.4 is 5.32 Å². The summed E-state index contributed by atoms with van der Waals surface area (Å²) in [5.41, 5.74) is 1.18. The first kappa shape index (κ1) is 9.33. The Morgan fingerprint density at radius 3 is 2.53 bits per heavy atom. The average Bonchev–Trinajstić information content (AvgIpc) is 2.31. The third-order valence-electron chi connectivity index (χ3n) is 1.87. The summed E-state index contributed by atoms with van der Waals surface area (Å²) < 4.78 is 0. The molecule has 0 aliphatic heterocycles. The molecule has 0 aliphatic carbocycles. The van der Waals surface area contributed by atoms with Crippen molar-refractivity contribution in [3.8, 4) is 0 Å². The van der Waals surface area contributed by atoms with E-state index >= 15 is 0 Å². The molecule has 0 fully saturated rings. The molecule has 0 saturated heterocycles. The van der Waals surface area contributed by atoms with Gasteiger partial charge in [0.05, 0.1) is 0 Å². The van der Waals surface area contributed by atoms with Crippen LogP contribution in [0.25, 0.3) is 0 Å². The molecule has 1 aromatic heterocycles. The van der Waals surface area contributed by atoms with Gasteiger partial charge in [-0.3, -0.25) is 4.79 Å². The molecular weight excluding hydrogens is 190 g/mol. The number of benzene rings is 1. The molecule has 0 spiro atoms. The first-order valence-electron chi connectivity index (χ1n) is 4.48. The highest BCUT2D eigenvalue weighted by atomic mass is 16.1. The van der Waals surface area contributed by atoms with Gasteiger partial charge < -0.3 is 5.32 Å². The second kappa shape index (κ2) is 4.32. The number of nitrogens with zero attached hydrogens (tertiary/aromatic N) is 2. The highest BCUT2D eigenvalue weighted by molar-refractivity contribution is 5.81. The molecule has 0 amide bonds. The van der Waals surface area contributed by atoms with Crippen LogP contribution >= 0.6 is 0 Å². The Labute approximate surface area is 87.0 Å². The summed E-state index contributed by atoms with van der Waals surface area (Å²) in [6.45, 7) is 0. The van der Waals surface area contributed by atoms with Crippen molar-refractivity contribution < 1.29 is 4.79 Å². The van der Waals surface area contributed by atoms with E-state index in [1.165, 1.54) is 12.4 Å². The van der Waals surface area contributed by atoms with Crippen molar-refractivity contribution >= 4 is 17.8 Å². The number of anilines is 2. The lowest BCUT2D eigenvalue weighted by Crippen LogP contribution is -1.99. The van der Waals surface area contributed by atoms with Gasteiger partial charge in [0.1, 0.15) is 5.69 Å². The summed E-state index contributed by atoms with van der Waals surface area (Å²) in [7, 11) is 0. The molecule has 0 atom stereocenters. The molecule has 15 heavy (non-hydrogen) atoms. The van der Waals surface area contributed by atoms with Gasteiger partial charge >= 0.3 is 0 Å². The lowest BCUT2D eigenvalue weighted by Gasteiger charge is -2.05. The van der Waals surface area contributed by atoms with Gasteiger partial charge in [0.15, 0.2) is 12.1 Å². The highest BCUT2D eigenvalue weighted by Gasteiger charge is 2.02. The van der Waals surface area contributed by atoms with Crippen LogP contribution in [0.15, 0.2) is 42.7 Å². The number of aromatic nitrogens is 2. The third kappa shape index (κ3) is 2.17. The number of nitrogens with one attached hydrogen (secondary N) is 1. The topological polar surface area (TPSA) is 54.9 Å². The molecule has 0 bridgehead atoms. The highest BCUT2D eigenvalue weighted by Crippen LogP contribution is 2.14. The number of aldehydes is 1. The van der Waals surface area contributed by atoms with Crippen molar-refractivity contribution in [2.45, 2.75) is 0 Å². The maximum Gasteiger partial charge on any atom is 0.172 e. The quantitative estimate of drug-likeness (QED) is 0.768. The van der Waals surface area contributed by atoms with Crippen LogP contribution in [-0.4, -0.2) is 16.3 Å². The minimum Gasteiger partial charge on any atom is -0.338 e. The second-order valence-corrected chi connectivity index (χ2v) is 2.90. The number of rotatable bonds is 3. The Morgan fingerprint density at radius 2 is 1.80 bits per heavy atom. The molecule has 2 aromatic rings. The molecule has 74 valence electrons. The lowest BCUT2D eigenvalue weighted by atomic mass is 10.3. The maximum absolute atomic E-state index is 10.7. The van der Waals surface area contributed by atoms with Crippen molar-refractivity contribution in [2.24, 2.45) is 0 Å². The SMILES string of the molecule is O=Cc1nccnc1Nc1ccccc1. The lowest BCUT2D eigenvalue weighted by molar-refractivity contribution is 0.111. The van der Waals surface area contributed by atoms with Crippen LogP contribution in [0.4, 0.5) is 11.5 Å². The minimum absolute atomic E-state index is 0.307. The van der Waals surface area contributed by atoms with Gasteiger partial charge in [-0.05, 0) is 12.1 Å². The maximum atomic E-state index is 10.7. The van der Waals surface area contributed by atoms with E-state index in [9.17, 15) is 4.79 Å². The Balaban J connectivity index is 2.28. The fourth-order valence-corrected chi connectivity index (χ4v) is 1.19. The van der Waals surface area contributed by atoms with E-state index in [1.807, 2.05) is 30.3 Å². The van der Waals surface area contributed by atoms with Crippen LogP contribution in [0.2, 0.25) is 0 Å². The summed E-state index contributed by atoms with van der Waals surface area (Å²) in [5, 5.41) is 3.02. The van der Waals surface area contributed by atoms with E-state index < -0.39 is 0 Å². The first-order chi connectivity index (χ1) is 7.40. The predicted octanol–water partition coefficient (Wildman–Crippen LogP) is 2.03. The Kier molecular flexibility index (Phi) is 2.69. The van der Waals surface area contributed by atoms with Crippen LogP contribution in [0.5, 0.6) is 0 Å². The van der Waals surface area contributed by atoms with Crippen LogP contribution in [0.1, 0.15) is 10.5 Å². The smallest absolute Gasteiger partial charge is 0.172 e. The molecule has 2 rings (SSSR count). The Morgan fingerprint density at radius 1 is 1.07 bits per heavy atom. The van der Waals surface area contributed by atoms with Gasteiger partial charge in [-0.25, -0.2) is 9.97 Å². The van der Waals surface area contributed by atoms with E-state index in [2.05, 4.69) is 15.3 Å². The summed E-state index contributed by atoms with van der Waals surface area (Å²) in [4.78, 5) is 18.6. The number of hydrogen-bond donors (Lipinski definition) is 1. The average molecular weight is 199 g/mol. The number of hydrogen-bond acceptors (Lipinski definition) is 4. The van der Waals surface area contributed by atoms with Gasteiger partial charge in [-0.2, -0.15) is 0 Å².